The highest BCUT2D eigenvalue weighted by molar-refractivity contribution is 6.30. The van der Waals surface area contributed by atoms with Gasteiger partial charge in [-0.15, -0.1) is 0 Å². The Morgan fingerprint density at radius 1 is 1.11 bits per heavy atom. The molecule has 27 heavy (non-hydrogen) atoms. The highest BCUT2D eigenvalue weighted by Crippen LogP contribution is 2.25. The van der Waals surface area contributed by atoms with Gasteiger partial charge in [-0.2, -0.15) is 0 Å². The summed E-state index contributed by atoms with van der Waals surface area (Å²) < 4.78 is 0. The van der Waals surface area contributed by atoms with Crippen molar-refractivity contribution in [2.24, 2.45) is 0 Å². The second kappa shape index (κ2) is 10.1. The largest absolute Gasteiger partial charge is 0.354 e. The van der Waals surface area contributed by atoms with Crippen LogP contribution in [0, 0.1) is 0 Å². The number of carbonyl (C=O) groups excluding carboxylic acids is 2. The minimum absolute atomic E-state index is 0.0161. The van der Waals surface area contributed by atoms with E-state index in [0.717, 1.165) is 18.1 Å². The second-order valence-electron chi connectivity index (χ2n) is 7.38. The molecule has 2 N–H and O–H groups in total. The van der Waals surface area contributed by atoms with Crippen molar-refractivity contribution in [2.75, 3.05) is 45.8 Å². The van der Waals surface area contributed by atoms with Crippen molar-refractivity contribution in [1.82, 2.24) is 20.4 Å². The van der Waals surface area contributed by atoms with Gasteiger partial charge < -0.3 is 10.6 Å². The third-order valence-corrected chi connectivity index (χ3v) is 5.57. The molecule has 0 bridgehead atoms. The number of piperazine rings is 1. The van der Waals surface area contributed by atoms with E-state index in [-0.39, 0.29) is 24.4 Å². The number of carbonyl (C=O) groups is 2. The summed E-state index contributed by atoms with van der Waals surface area (Å²) >= 11 is 6.05. The van der Waals surface area contributed by atoms with Gasteiger partial charge >= 0.3 is 0 Å². The number of rotatable bonds is 6. The fourth-order valence-corrected chi connectivity index (χ4v) is 3.97. The molecule has 148 valence electrons. The molecule has 0 saturated carbocycles. The Hall–Kier alpha value is -1.63. The van der Waals surface area contributed by atoms with Gasteiger partial charge in [-0.05, 0) is 43.6 Å². The second-order valence-corrected chi connectivity index (χ2v) is 7.82. The maximum Gasteiger partial charge on any atom is 0.234 e. The molecule has 2 amide bonds. The molecule has 2 saturated heterocycles. The van der Waals surface area contributed by atoms with Gasteiger partial charge in [-0.1, -0.05) is 36.6 Å². The lowest BCUT2D eigenvalue weighted by molar-refractivity contribution is -0.127. The van der Waals surface area contributed by atoms with Gasteiger partial charge in [0, 0.05) is 24.7 Å². The number of hydrogen-bond donors (Lipinski definition) is 2. The van der Waals surface area contributed by atoms with E-state index in [1.54, 1.807) is 0 Å². The summed E-state index contributed by atoms with van der Waals surface area (Å²) in [6.45, 7) is 4.55. The van der Waals surface area contributed by atoms with E-state index >= 15 is 0 Å². The maximum absolute atomic E-state index is 12.4. The normalized spacial score (nSPS) is 20.6. The van der Waals surface area contributed by atoms with Crippen molar-refractivity contribution >= 4 is 23.4 Å². The zero-order chi connectivity index (χ0) is 19.1. The fraction of sp³-hybridized carbons (Fsp3) is 0.600. The summed E-state index contributed by atoms with van der Waals surface area (Å²) in [5.74, 6) is -0.0452. The van der Waals surface area contributed by atoms with Gasteiger partial charge in [0.1, 0.15) is 0 Å². The first kappa shape index (κ1) is 20.1. The molecular weight excluding hydrogens is 364 g/mol. The van der Waals surface area contributed by atoms with Crippen LogP contribution >= 0.6 is 11.6 Å². The standard InChI is InChI=1S/C20H29ClN4O2/c21-17-7-5-16(6-8-17)18(25-10-3-1-2-4-11-25)13-23-20(27)15-24-12-9-22-19(26)14-24/h5-8,18H,1-4,9-15H2,(H,22,26)(H,23,27). The molecule has 2 aliphatic heterocycles. The van der Waals surface area contributed by atoms with Crippen LogP contribution in [-0.4, -0.2) is 67.4 Å². The number of nitrogens with zero attached hydrogens (tertiary/aromatic N) is 2. The first-order valence-corrected chi connectivity index (χ1v) is 10.2. The Balaban J connectivity index is 1.61. The molecule has 0 spiro atoms. The van der Waals surface area contributed by atoms with Crippen LogP contribution in [-0.2, 0) is 9.59 Å². The molecular formula is C20H29ClN4O2. The molecule has 1 atom stereocenters. The first-order valence-electron chi connectivity index (χ1n) is 9.87. The molecule has 0 aromatic heterocycles. The van der Waals surface area contributed by atoms with Gasteiger partial charge in [-0.3, -0.25) is 19.4 Å². The van der Waals surface area contributed by atoms with E-state index < -0.39 is 0 Å². The molecule has 2 heterocycles. The van der Waals surface area contributed by atoms with E-state index in [2.05, 4.69) is 27.7 Å². The molecule has 0 aliphatic carbocycles. The van der Waals surface area contributed by atoms with Crippen molar-refractivity contribution in [1.29, 1.82) is 0 Å². The summed E-state index contributed by atoms with van der Waals surface area (Å²) in [5.41, 5.74) is 1.18. The van der Waals surface area contributed by atoms with Gasteiger partial charge in [0.25, 0.3) is 0 Å². The summed E-state index contributed by atoms with van der Waals surface area (Å²) in [6.07, 6.45) is 4.93. The number of amides is 2. The van der Waals surface area contributed by atoms with E-state index in [1.807, 2.05) is 17.0 Å². The quantitative estimate of drug-likeness (QED) is 0.774. The summed E-state index contributed by atoms with van der Waals surface area (Å²) in [5, 5.41) is 6.59. The number of nitrogens with one attached hydrogen (secondary N) is 2. The predicted octanol–water partition coefficient (Wildman–Crippen LogP) is 1.81. The van der Waals surface area contributed by atoms with Crippen molar-refractivity contribution < 1.29 is 9.59 Å². The Bertz CT molecular complexity index is 629. The zero-order valence-electron chi connectivity index (χ0n) is 15.8. The third-order valence-electron chi connectivity index (χ3n) is 5.31. The Labute approximate surface area is 166 Å². The summed E-state index contributed by atoms with van der Waals surface area (Å²) in [7, 11) is 0. The molecule has 2 fully saturated rings. The van der Waals surface area contributed by atoms with Crippen molar-refractivity contribution in [3.63, 3.8) is 0 Å². The highest BCUT2D eigenvalue weighted by Gasteiger charge is 2.23. The highest BCUT2D eigenvalue weighted by atomic mass is 35.5. The number of halogens is 1. The first-order chi connectivity index (χ1) is 13.1. The summed E-state index contributed by atoms with van der Waals surface area (Å²) in [4.78, 5) is 28.3. The molecule has 7 heteroatoms. The molecule has 1 aromatic rings. The van der Waals surface area contributed by atoms with Gasteiger partial charge in [0.2, 0.25) is 11.8 Å². The molecule has 1 aromatic carbocycles. The third kappa shape index (κ3) is 6.19. The average Bonchev–Trinajstić information content (AvgIpc) is 2.93. The lowest BCUT2D eigenvalue weighted by Gasteiger charge is -2.32. The van der Waals surface area contributed by atoms with Crippen LogP contribution in [0.25, 0.3) is 0 Å². The topological polar surface area (TPSA) is 64.7 Å². The number of hydrogen-bond acceptors (Lipinski definition) is 4. The minimum atomic E-state index is -0.0292. The van der Waals surface area contributed by atoms with E-state index in [9.17, 15) is 9.59 Å². The minimum Gasteiger partial charge on any atom is -0.354 e. The zero-order valence-corrected chi connectivity index (χ0v) is 16.5. The number of likely N-dealkylation sites (tertiary alicyclic amines) is 1. The molecule has 1 unspecified atom stereocenters. The predicted molar refractivity (Wildman–Crippen MR) is 107 cm³/mol. The van der Waals surface area contributed by atoms with Crippen LogP contribution in [0.1, 0.15) is 37.3 Å². The lowest BCUT2D eigenvalue weighted by atomic mass is 10.0. The molecule has 3 rings (SSSR count). The van der Waals surface area contributed by atoms with Crippen LogP contribution < -0.4 is 10.6 Å². The number of benzene rings is 1. The van der Waals surface area contributed by atoms with Crippen molar-refractivity contribution in [2.45, 2.75) is 31.7 Å². The Morgan fingerprint density at radius 3 is 2.48 bits per heavy atom. The monoisotopic (exact) mass is 392 g/mol. The van der Waals surface area contributed by atoms with Crippen LogP contribution in [0.2, 0.25) is 5.02 Å². The molecule has 2 aliphatic rings. The van der Waals surface area contributed by atoms with Crippen molar-refractivity contribution in [3.8, 4) is 0 Å². The SMILES string of the molecule is O=C1CN(CC(=O)NCC(c2ccc(Cl)cc2)N2CCCCCC2)CCN1. The fourth-order valence-electron chi connectivity index (χ4n) is 3.85. The van der Waals surface area contributed by atoms with Gasteiger partial charge in [0.15, 0.2) is 0 Å². The van der Waals surface area contributed by atoms with Crippen LogP contribution in [0.5, 0.6) is 0 Å². The van der Waals surface area contributed by atoms with Crippen LogP contribution in [0.15, 0.2) is 24.3 Å². The van der Waals surface area contributed by atoms with Crippen LogP contribution in [0.4, 0.5) is 0 Å². The van der Waals surface area contributed by atoms with Gasteiger partial charge in [0.05, 0.1) is 19.1 Å². The van der Waals surface area contributed by atoms with E-state index in [0.29, 0.717) is 26.2 Å². The Morgan fingerprint density at radius 2 is 1.81 bits per heavy atom. The lowest BCUT2D eigenvalue weighted by Crippen LogP contribution is -2.51. The molecule has 0 radical (unpaired) electrons. The van der Waals surface area contributed by atoms with Gasteiger partial charge in [-0.25, -0.2) is 0 Å². The van der Waals surface area contributed by atoms with E-state index in [4.69, 9.17) is 11.6 Å². The van der Waals surface area contributed by atoms with Crippen molar-refractivity contribution in [3.05, 3.63) is 34.9 Å². The Kier molecular flexibility index (Phi) is 7.50. The van der Waals surface area contributed by atoms with Crippen LogP contribution in [0.3, 0.4) is 0 Å². The smallest absolute Gasteiger partial charge is 0.234 e. The molecule has 6 nitrogen and oxygen atoms in total. The average molecular weight is 393 g/mol. The van der Waals surface area contributed by atoms with E-state index in [1.165, 1.54) is 31.2 Å². The summed E-state index contributed by atoms with van der Waals surface area (Å²) in [6, 6.07) is 8.08. The maximum atomic E-state index is 12.4.